The Morgan fingerprint density at radius 3 is 2.62 bits per heavy atom. The average Bonchev–Trinajstić information content (AvgIpc) is 2.91. The van der Waals surface area contributed by atoms with E-state index in [9.17, 15) is 9.59 Å². The van der Waals surface area contributed by atoms with Crippen molar-refractivity contribution in [2.75, 3.05) is 18.9 Å². The Bertz CT molecular complexity index is 542. The summed E-state index contributed by atoms with van der Waals surface area (Å²) in [4.78, 5) is 24.6. The molecule has 2 amide bonds. The third kappa shape index (κ3) is 4.11. The quantitative estimate of drug-likeness (QED) is 0.891. The average molecular weight is 311 g/mol. The number of carbonyl (C=O) groups excluding carboxylic acids is 1. The molecule has 6 heteroatoms. The molecule has 1 aliphatic rings. The molecule has 0 spiro atoms. The van der Waals surface area contributed by atoms with Gasteiger partial charge in [-0.25, -0.2) is 9.59 Å². The first-order chi connectivity index (χ1) is 9.97. The number of amides is 2. The molecule has 1 fully saturated rings. The monoisotopic (exact) mass is 310 g/mol. The van der Waals surface area contributed by atoms with Gasteiger partial charge in [0, 0.05) is 19.3 Å². The largest absolute Gasteiger partial charge is 0.478 e. The van der Waals surface area contributed by atoms with E-state index in [4.69, 9.17) is 16.7 Å². The first-order valence-electron chi connectivity index (χ1n) is 7.02. The van der Waals surface area contributed by atoms with Crippen LogP contribution >= 0.6 is 11.6 Å². The Kier molecular flexibility index (Phi) is 5.07. The summed E-state index contributed by atoms with van der Waals surface area (Å²) in [6, 6.07) is 4.17. The molecule has 0 bridgehead atoms. The molecule has 0 heterocycles. The first-order valence-corrected chi connectivity index (χ1v) is 7.40. The zero-order valence-corrected chi connectivity index (χ0v) is 12.7. The number of aromatic carboxylic acids is 1. The van der Waals surface area contributed by atoms with Crippen LogP contribution in [0, 0.1) is 5.92 Å². The Hall–Kier alpha value is -1.75. The zero-order valence-electron chi connectivity index (χ0n) is 11.9. The predicted molar refractivity (Wildman–Crippen MR) is 82.0 cm³/mol. The highest BCUT2D eigenvalue weighted by molar-refractivity contribution is 6.33. The van der Waals surface area contributed by atoms with Gasteiger partial charge in [0.05, 0.1) is 10.6 Å². The number of urea groups is 1. The van der Waals surface area contributed by atoms with E-state index in [2.05, 4.69) is 5.32 Å². The van der Waals surface area contributed by atoms with Gasteiger partial charge in [0.2, 0.25) is 0 Å². The Morgan fingerprint density at radius 1 is 1.38 bits per heavy atom. The summed E-state index contributed by atoms with van der Waals surface area (Å²) in [5, 5.41) is 11.7. The molecule has 114 valence electrons. The van der Waals surface area contributed by atoms with Gasteiger partial charge in [-0.1, -0.05) is 24.4 Å². The minimum Gasteiger partial charge on any atom is -0.478 e. The number of halogens is 1. The Morgan fingerprint density at radius 2 is 2.05 bits per heavy atom. The molecule has 0 aromatic heterocycles. The summed E-state index contributed by atoms with van der Waals surface area (Å²) in [7, 11) is 1.76. The predicted octanol–water partition coefficient (Wildman–Crippen LogP) is 3.69. The summed E-state index contributed by atoms with van der Waals surface area (Å²) in [6.45, 7) is 0.743. The Labute approximate surface area is 128 Å². The molecule has 1 aromatic carbocycles. The number of hydrogen-bond acceptors (Lipinski definition) is 2. The number of carbonyl (C=O) groups is 2. The van der Waals surface area contributed by atoms with Gasteiger partial charge >= 0.3 is 12.0 Å². The summed E-state index contributed by atoms with van der Waals surface area (Å²) >= 11 is 5.88. The number of anilines is 1. The van der Waals surface area contributed by atoms with Crippen LogP contribution in [-0.2, 0) is 0 Å². The van der Waals surface area contributed by atoms with Crippen LogP contribution < -0.4 is 5.32 Å². The minimum atomic E-state index is -1.09. The first kappa shape index (κ1) is 15.6. The van der Waals surface area contributed by atoms with Crippen molar-refractivity contribution >= 4 is 29.3 Å². The van der Waals surface area contributed by atoms with E-state index in [1.165, 1.54) is 43.9 Å². The van der Waals surface area contributed by atoms with E-state index in [1.807, 2.05) is 0 Å². The lowest BCUT2D eigenvalue weighted by molar-refractivity contribution is 0.0697. The van der Waals surface area contributed by atoms with Gasteiger partial charge in [-0.3, -0.25) is 0 Å². The molecule has 0 radical (unpaired) electrons. The highest BCUT2D eigenvalue weighted by Crippen LogP contribution is 2.25. The molecule has 21 heavy (non-hydrogen) atoms. The van der Waals surface area contributed by atoms with Crippen molar-refractivity contribution in [2.45, 2.75) is 25.7 Å². The minimum absolute atomic E-state index is 0.0222. The van der Waals surface area contributed by atoms with Crippen molar-refractivity contribution < 1.29 is 14.7 Å². The van der Waals surface area contributed by atoms with Crippen molar-refractivity contribution in [2.24, 2.45) is 5.92 Å². The van der Waals surface area contributed by atoms with Crippen molar-refractivity contribution in [3.8, 4) is 0 Å². The molecular formula is C15H19ClN2O3. The van der Waals surface area contributed by atoms with E-state index in [-0.39, 0.29) is 16.6 Å². The molecule has 1 saturated carbocycles. The molecule has 0 aliphatic heterocycles. The lowest BCUT2D eigenvalue weighted by atomic mass is 10.1. The SMILES string of the molecule is CN(CC1CCCC1)C(=O)Nc1ccc(C(=O)O)c(Cl)c1. The summed E-state index contributed by atoms with van der Waals surface area (Å²) in [5.41, 5.74) is 0.516. The standard InChI is InChI=1S/C15H19ClN2O3/c1-18(9-10-4-2-3-5-10)15(21)17-11-6-7-12(14(19)20)13(16)8-11/h6-8,10H,2-5,9H2,1H3,(H,17,21)(H,19,20). The van der Waals surface area contributed by atoms with Crippen molar-refractivity contribution in [3.63, 3.8) is 0 Å². The Balaban J connectivity index is 1.95. The number of hydrogen-bond donors (Lipinski definition) is 2. The maximum atomic E-state index is 12.1. The highest BCUT2D eigenvalue weighted by Gasteiger charge is 2.19. The number of carboxylic acids is 1. The number of rotatable bonds is 4. The van der Waals surface area contributed by atoms with Crippen LogP contribution in [0.15, 0.2) is 18.2 Å². The molecule has 2 rings (SSSR count). The number of benzene rings is 1. The van der Waals surface area contributed by atoms with Gasteiger partial charge in [0.15, 0.2) is 0 Å². The highest BCUT2D eigenvalue weighted by atomic mass is 35.5. The van der Waals surface area contributed by atoms with Crippen LogP contribution in [0.25, 0.3) is 0 Å². The van der Waals surface area contributed by atoms with Crippen LogP contribution in [0.1, 0.15) is 36.0 Å². The van der Waals surface area contributed by atoms with Crippen LogP contribution in [0.2, 0.25) is 5.02 Å². The molecule has 1 aliphatic carbocycles. The third-order valence-electron chi connectivity index (χ3n) is 3.80. The lowest BCUT2D eigenvalue weighted by Gasteiger charge is -2.21. The van der Waals surface area contributed by atoms with Crippen LogP contribution in [-0.4, -0.2) is 35.6 Å². The van der Waals surface area contributed by atoms with Crippen molar-refractivity contribution in [1.82, 2.24) is 4.90 Å². The van der Waals surface area contributed by atoms with Gasteiger partial charge in [-0.2, -0.15) is 0 Å². The van der Waals surface area contributed by atoms with E-state index in [1.54, 1.807) is 11.9 Å². The second kappa shape index (κ2) is 6.80. The van der Waals surface area contributed by atoms with Gasteiger partial charge in [0.25, 0.3) is 0 Å². The van der Waals surface area contributed by atoms with E-state index in [0.29, 0.717) is 11.6 Å². The second-order valence-electron chi connectivity index (χ2n) is 5.46. The normalized spacial score (nSPS) is 15.0. The summed E-state index contributed by atoms with van der Waals surface area (Å²) < 4.78 is 0. The smallest absolute Gasteiger partial charge is 0.337 e. The van der Waals surface area contributed by atoms with E-state index in [0.717, 1.165) is 6.54 Å². The van der Waals surface area contributed by atoms with Crippen molar-refractivity contribution in [1.29, 1.82) is 0 Å². The lowest BCUT2D eigenvalue weighted by Crippen LogP contribution is -2.34. The van der Waals surface area contributed by atoms with E-state index >= 15 is 0 Å². The fraction of sp³-hybridized carbons (Fsp3) is 0.467. The number of nitrogens with one attached hydrogen (secondary N) is 1. The topological polar surface area (TPSA) is 69.6 Å². The second-order valence-corrected chi connectivity index (χ2v) is 5.87. The number of nitrogens with zero attached hydrogens (tertiary/aromatic N) is 1. The van der Waals surface area contributed by atoms with Crippen molar-refractivity contribution in [3.05, 3.63) is 28.8 Å². The molecule has 0 saturated heterocycles. The molecule has 2 N–H and O–H groups in total. The molecule has 0 unspecified atom stereocenters. The van der Waals surface area contributed by atoms with Gasteiger partial charge in [0.1, 0.15) is 0 Å². The van der Waals surface area contributed by atoms with Gasteiger partial charge in [-0.05, 0) is 37.0 Å². The fourth-order valence-electron chi connectivity index (χ4n) is 2.65. The van der Waals surface area contributed by atoms with Gasteiger partial charge in [-0.15, -0.1) is 0 Å². The fourth-order valence-corrected chi connectivity index (χ4v) is 2.91. The van der Waals surface area contributed by atoms with Crippen LogP contribution in [0.3, 0.4) is 0 Å². The third-order valence-corrected chi connectivity index (χ3v) is 4.12. The van der Waals surface area contributed by atoms with Crippen LogP contribution in [0.4, 0.5) is 10.5 Å². The molecule has 5 nitrogen and oxygen atoms in total. The molecule has 1 aromatic rings. The number of carboxylic acid groups (broad SMARTS) is 1. The molecular weight excluding hydrogens is 292 g/mol. The van der Waals surface area contributed by atoms with Gasteiger partial charge < -0.3 is 15.3 Å². The van der Waals surface area contributed by atoms with Crippen LogP contribution in [0.5, 0.6) is 0 Å². The molecule has 0 atom stereocenters. The maximum Gasteiger partial charge on any atom is 0.337 e. The summed E-state index contributed by atoms with van der Waals surface area (Å²) in [5.74, 6) is -0.505. The summed E-state index contributed by atoms with van der Waals surface area (Å²) in [6.07, 6.45) is 4.84. The maximum absolute atomic E-state index is 12.1. The van der Waals surface area contributed by atoms with E-state index < -0.39 is 5.97 Å². The zero-order chi connectivity index (χ0) is 15.4.